The van der Waals surface area contributed by atoms with Crippen LogP contribution in [-0.4, -0.2) is 43.2 Å². The monoisotopic (exact) mass is 499 g/mol. The molecule has 1 aromatic rings. The Labute approximate surface area is 198 Å². The van der Waals surface area contributed by atoms with Gasteiger partial charge in [0.25, 0.3) is 0 Å². The Bertz CT molecular complexity index is 1040. The van der Waals surface area contributed by atoms with E-state index in [-0.39, 0.29) is 57.2 Å². The summed E-state index contributed by atoms with van der Waals surface area (Å²) in [4.78, 5) is 25.1. The minimum absolute atomic E-state index is 0.0424. The predicted octanol–water partition coefficient (Wildman–Crippen LogP) is 2.94. The Kier molecular flexibility index (Phi) is 5.51. The zero-order valence-electron chi connectivity index (χ0n) is 17.6. The summed E-state index contributed by atoms with van der Waals surface area (Å²) in [5, 5.41) is 3.21. The van der Waals surface area contributed by atoms with E-state index in [2.05, 4.69) is 5.32 Å². The highest BCUT2D eigenvalue weighted by molar-refractivity contribution is 7.89. The lowest BCUT2D eigenvalue weighted by Crippen LogP contribution is -2.62. The van der Waals surface area contributed by atoms with Crippen molar-refractivity contribution in [1.29, 1.82) is 0 Å². The predicted molar refractivity (Wildman–Crippen MR) is 120 cm³/mol. The summed E-state index contributed by atoms with van der Waals surface area (Å²) >= 11 is 12.3. The number of nitrogens with zero attached hydrogens (tertiary/aromatic N) is 1. The third-order valence-electron chi connectivity index (χ3n) is 7.86. The Morgan fingerprint density at radius 2 is 1.69 bits per heavy atom. The number of hydrogen-bond acceptors (Lipinski definition) is 4. The fourth-order valence-corrected chi connectivity index (χ4v) is 9.29. The van der Waals surface area contributed by atoms with E-state index in [1.165, 1.54) is 16.4 Å². The van der Waals surface area contributed by atoms with Crippen molar-refractivity contribution in [3.05, 3.63) is 28.2 Å². The van der Waals surface area contributed by atoms with E-state index in [1.807, 2.05) is 0 Å². The summed E-state index contributed by atoms with van der Waals surface area (Å²) in [6.45, 7) is -0.269. The van der Waals surface area contributed by atoms with Crippen molar-refractivity contribution in [1.82, 2.24) is 9.62 Å². The van der Waals surface area contributed by atoms with Crippen LogP contribution in [0.1, 0.15) is 44.9 Å². The van der Waals surface area contributed by atoms with Crippen molar-refractivity contribution < 1.29 is 18.0 Å². The second kappa shape index (κ2) is 7.86. The molecule has 32 heavy (non-hydrogen) atoms. The van der Waals surface area contributed by atoms with Gasteiger partial charge in [-0.2, -0.15) is 4.31 Å². The number of sulfonamides is 1. The summed E-state index contributed by atoms with van der Waals surface area (Å²) in [7, 11) is -4.03. The van der Waals surface area contributed by atoms with Crippen molar-refractivity contribution in [2.45, 2.75) is 61.9 Å². The van der Waals surface area contributed by atoms with E-state index in [0.717, 1.165) is 19.3 Å². The minimum atomic E-state index is -4.03. The molecule has 0 spiro atoms. The quantitative estimate of drug-likeness (QED) is 0.600. The SMILES string of the molecule is NC(=O)C12CC3CC(C1)C(NC(=O)CN(C1CC1)S(=O)(=O)c1c(Cl)cccc1Cl)C(C3)C2. The second-order valence-corrected chi connectivity index (χ2v) is 12.7. The third-order valence-corrected chi connectivity index (χ3v) is 10.7. The molecular formula is C22H27Cl2N3O4S. The van der Waals surface area contributed by atoms with Crippen LogP contribution in [0.25, 0.3) is 0 Å². The van der Waals surface area contributed by atoms with Gasteiger partial charge >= 0.3 is 0 Å². The number of halogens is 2. The number of nitrogens with one attached hydrogen (secondary N) is 1. The molecule has 5 fully saturated rings. The molecule has 5 aliphatic carbocycles. The Morgan fingerprint density at radius 3 is 2.22 bits per heavy atom. The van der Waals surface area contributed by atoms with E-state index in [4.69, 9.17) is 28.9 Å². The summed E-state index contributed by atoms with van der Waals surface area (Å²) in [5.74, 6) is 0.362. The lowest BCUT2D eigenvalue weighted by Gasteiger charge is -2.58. The molecule has 0 aromatic heterocycles. The van der Waals surface area contributed by atoms with Crippen molar-refractivity contribution in [3.63, 3.8) is 0 Å². The van der Waals surface area contributed by atoms with Gasteiger partial charge in [-0.15, -0.1) is 0 Å². The van der Waals surface area contributed by atoms with Crippen molar-refractivity contribution in [3.8, 4) is 0 Å². The summed E-state index contributed by atoms with van der Waals surface area (Å²) in [6.07, 6.45) is 5.65. The van der Waals surface area contributed by atoms with Gasteiger partial charge in [0.2, 0.25) is 21.8 Å². The molecule has 174 valence electrons. The number of amides is 2. The molecule has 2 atom stereocenters. The molecule has 4 bridgehead atoms. The first-order valence-electron chi connectivity index (χ1n) is 11.2. The standard InChI is InChI=1S/C22H27Cl2N3O4S/c23-16-2-1-3-17(24)20(16)32(30,31)27(15-4-5-15)11-18(28)26-19-13-6-12-7-14(19)10-22(8-12,9-13)21(25)29/h1-3,12-15,19H,4-11H2,(H2,25,29)(H,26,28). The van der Waals surface area contributed by atoms with E-state index in [1.54, 1.807) is 6.07 Å². The van der Waals surface area contributed by atoms with Crippen LogP contribution in [0.4, 0.5) is 0 Å². The molecule has 10 heteroatoms. The molecule has 3 N–H and O–H groups in total. The molecule has 2 amide bonds. The summed E-state index contributed by atoms with van der Waals surface area (Å²) < 4.78 is 28.0. The zero-order chi connectivity index (χ0) is 22.8. The van der Waals surface area contributed by atoms with E-state index >= 15 is 0 Å². The van der Waals surface area contributed by atoms with E-state index in [9.17, 15) is 18.0 Å². The maximum Gasteiger partial charge on any atom is 0.246 e. The third kappa shape index (κ3) is 3.73. The van der Waals surface area contributed by atoms with Gasteiger partial charge in [-0.3, -0.25) is 9.59 Å². The maximum atomic E-state index is 13.4. The highest BCUT2D eigenvalue weighted by atomic mass is 35.5. The smallest absolute Gasteiger partial charge is 0.246 e. The molecule has 0 heterocycles. The van der Waals surface area contributed by atoms with Gasteiger partial charge in [0.15, 0.2) is 0 Å². The van der Waals surface area contributed by atoms with Crippen LogP contribution in [0.3, 0.4) is 0 Å². The molecule has 0 saturated heterocycles. The van der Waals surface area contributed by atoms with Crippen LogP contribution in [0.5, 0.6) is 0 Å². The minimum Gasteiger partial charge on any atom is -0.369 e. The Hall–Kier alpha value is -1.35. The molecule has 0 aliphatic heterocycles. The van der Waals surface area contributed by atoms with Crippen molar-refractivity contribution >= 4 is 45.0 Å². The topological polar surface area (TPSA) is 110 Å². The first-order chi connectivity index (χ1) is 15.1. The van der Waals surface area contributed by atoms with Crippen LogP contribution in [0.2, 0.25) is 10.0 Å². The number of nitrogens with two attached hydrogens (primary N) is 1. The van der Waals surface area contributed by atoms with Gasteiger partial charge in [0, 0.05) is 17.5 Å². The van der Waals surface area contributed by atoms with Gasteiger partial charge in [0.1, 0.15) is 4.90 Å². The lowest BCUT2D eigenvalue weighted by molar-refractivity contribution is -0.147. The summed E-state index contributed by atoms with van der Waals surface area (Å²) in [5.41, 5.74) is 5.32. The average molecular weight is 500 g/mol. The first kappa shape index (κ1) is 22.4. The van der Waals surface area contributed by atoms with Crippen LogP contribution in [0, 0.1) is 23.2 Å². The fourth-order valence-electron chi connectivity index (χ4n) is 6.55. The highest BCUT2D eigenvalue weighted by Crippen LogP contribution is 2.59. The molecular weight excluding hydrogens is 473 g/mol. The molecule has 1 aromatic carbocycles. The van der Waals surface area contributed by atoms with Gasteiger partial charge < -0.3 is 11.1 Å². The van der Waals surface area contributed by atoms with Crippen LogP contribution < -0.4 is 11.1 Å². The number of hydrogen-bond donors (Lipinski definition) is 2. The maximum absolute atomic E-state index is 13.4. The van der Waals surface area contributed by atoms with Gasteiger partial charge in [-0.1, -0.05) is 29.3 Å². The second-order valence-electron chi connectivity index (χ2n) is 10.0. The first-order valence-corrected chi connectivity index (χ1v) is 13.4. The number of benzene rings is 1. The molecule has 0 radical (unpaired) electrons. The number of primary amides is 1. The lowest BCUT2D eigenvalue weighted by atomic mass is 9.47. The molecule has 5 saturated carbocycles. The van der Waals surface area contributed by atoms with Crippen LogP contribution in [0.15, 0.2) is 23.1 Å². The Morgan fingerprint density at radius 1 is 1.09 bits per heavy atom. The zero-order valence-corrected chi connectivity index (χ0v) is 19.9. The van der Waals surface area contributed by atoms with Crippen LogP contribution >= 0.6 is 23.2 Å². The number of carbonyl (C=O) groups is 2. The fraction of sp³-hybridized carbons (Fsp3) is 0.636. The molecule has 6 rings (SSSR count). The largest absolute Gasteiger partial charge is 0.369 e. The summed E-state index contributed by atoms with van der Waals surface area (Å²) in [6, 6.07) is 4.28. The average Bonchev–Trinajstić information content (AvgIpc) is 3.53. The number of rotatable bonds is 7. The normalized spacial score (nSPS) is 33.5. The molecule has 7 nitrogen and oxygen atoms in total. The molecule has 2 unspecified atom stereocenters. The van der Waals surface area contributed by atoms with Crippen molar-refractivity contribution in [2.75, 3.05) is 6.54 Å². The van der Waals surface area contributed by atoms with Crippen LogP contribution in [-0.2, 0) is 19.6 Å². The van der Waals surface area contributed by atoms with E-state index in [0.29, 0.717) is 31.6 Å². The Balaban J connectivity index is 1.33. The van der Waals surface area contributed by atoms with Gasteiger partial charge in [-0.05, 0) is 74.8 Å². The highest BCUT2D eigenvalue weighted by Gasteiger charge is 2.58. The molecule has 5 aliphatic rings. The van der Waals surface area contributed by atoms with E-state index < -0.39 is 15.4 Å². The van der Waals surface area contributed by atoms with Gasteiger partial charge in [-0.25, -0.2) is 8.42 Å². The van der Waals surface area contributed by atoms with Crippen molar-refractivity contribution in [2.24, 2.45) is 28.9 Å². The van der Waals surface area contributed by atoms with Gasteiger partial charge in [0.05, 0.1) is 16.6 Å². The number of carbonyl (C=O) groups excluding carboxylic acids is 2.